The molecular weight excluding hydrogens is 470 g/mol. The molecule has 0 aliphatic heterocycles. The van der Waals surface area contributed by atoms with Crippen LogP contribution in [0.25, 0.3) is 0 Å². The molecule has 210 valence electrons. The molecule has 0 heterocycles. The van der Waals surface area contributed by atoms with Crippen molar-refractivity contribution in [1.29, 1.82) is 0 Å². The van der Waals surface area contributed by atoms with Crippen molar-refractivity contribution in [1.82, 2.24) is 5.32 Å². The Kier molecular flexibility index (Phi) is 18.0. The van der Waals surface area contributed by atoms with E-state index in [9.17, 15) is 19.5 Å². The van der Waals surface area contributed by atoms with E-state index in [0.717, 1.165) is 18.8 Å². The molecule has 0 aliphatic carbocycles. The highest BCUT2D eigenvalue weighted by Gasteiger charge is 2.23. The van der Waals surface area contributed by atoms with E-state index in [2.05, 4.69) is 19.2 Å². The number of carboxylic acid groups (broad SMARTS) is 2. The Morgan fingerprint density at radius 3 is 1.78 bits per heavy atom. The topological polar surface area (TPSA) is 113 Å². The number of hydrogen-bond donors (Lipinski definition) is 3. The lowest BCUT2D eigenvalue weighted by Gasteiger charge is -2.16. The molecule has 0 saturated heterocycles. The SMILES string of the molecule is CC(C)CCCCCCCCCCCCCCCOc1ccccc1C(=O)NC(CCC(=O)O)C(=O)O. The first-order chi connectivity index (χ1) is 17.8. The first-order valence-electron chi connectivity index (χ1n) is 14.3. The fraction of sp³-hybridized carbons (Fsp3) is 0.700. The van der Waals surface area contributed by atoms with Gasteiger partial charge in [0, 0.05) is 6.42 Å². The molecule has 1 aromatic carbocycles. The number of para-hydroxylation sites is 1. The predicted molar refractivity (Wildman–Crippen MR) is 147 cm³/mol. The molecular formula is C30H49NO6. The number of carbonyl (C=O) groups is 3. The van der Waals surface area contributed by atoms with Crippen LogP contribution in [0.1, 0.15) is 127 Å². The quantitative estimate of drug-likeness (QED) is 0.131. The zero-order chi connectivity index (χ0) is 27.3. The van der Waals surface area contributed by atoms with Crippen LogP contribution in [0.15, 0.2) is 24.3 Å². The second-order valence-corrected chi connectivity index (χ2v) is 10.4. The molecule has 0 radical (unpaired) electrons. The molecule has 0 saturated carbocycles. The van der Waals surface area contributed by atoms with Crippen LogP contribution in [-0.2, 0) is 9.59 Å². The summed E-state index contributed by atoms with van der Waals surface area (Å²) in [5.41, 5.74) is 0.250. The summed E-state index contributed by atoms with van der Waals surface area (Å²) >= 11 is 0. The molecule has 7 heteroatoms. The fourth-order valence-corrected chi connectivity index (χ4v) is 4.32. The Bertz CT molecular complexity index is 779. The van der Waals surface area contributed by atoms with E-state index in [1.54, 1.807) is 24.3 Å². The van der Waals surface area contributed by atoms with E-state index in [-0.39, 0.29) is 18.4 Å². The maximum atomic E-state index is 12.6. The molecule has 3 N–H and O–H groups in total. The summed E-state index contributed by atoms with van der Waals surface area (Å²) in [6.07, 6.45) is 17.4. The lowest BCUT2D eigenvalue weighted by Crippen LogP contribution is -2.41. The number of unbranched alkanes of at least 4 members (excludes halogenated alkanes) is 12. The second-order valence-electron chi connectivity index (χ2n) is 10.4. The highest BCUT2D eigenvalue weighted by molar-refractivity contribution is 5.99. The van der Waals surface area contributed by atoms with E-state index in [4.69, 9.17) is 9.84 Å². The van der Waals surface area contributed by atoms with Crippen molar-refractivity contribution in [3.8, 4) is 5.75 Å². The van der Waals surface area contributed by atoms with Crippen molar-refractivity contribution in [2.24, 2.45) is 5.92 Å². The maximum Gasteiger partial charge on any atom is 0.326 e. The van der Waals surface area contributed by atoms with Gasteiger partial charge in [-0.15, -0.1) is 0 Å². The largest absolute Gasteiger partial charge is 0.493 e. The molecule has 0 aromatic heterocycles. The smallest absolute Gasteiger partial charge is 0.326 e. The van der Waals surface area contributed by atoms with Crippen LogP contribution in [0.3, 0.4) is 0 Å². The van der Waals surface area contributed by atoms with Gasteiger partial charge in [0.1, 0.15) is 11.8 Å². The molecule has 1 rings (SSSR count). The van der Waals surface area contributed by atoms with Gasteiger partial charge >= 0.3 is 11.9 Å². The number of rotatable bonds is 23. The van der Waals surface area contributed by atoms with E-state index < -0.39 is 23.9 Å². The maximum absolute atomic E-state index is 12.6. The molecule has 7 nitrogen and oxygen atoms in total. The fourth-order valence-electron chi connectivity index (χ4n) is 4.32. The Hall–Kier alpha value is -2.57. The molecule has 37 heavy (non-hydrogen) atoms. The number of amides is 1. The second kappa shape index (κ2) is 20.5. The number of nitrogens with one attached hydrogen (secondary N) is 1. The van der Waals surface area contributed by atoms with E-state index in [1.807, 2.05) is 0 Å². The van der Waals surface area contributed by atoms with Gasteiger partial charge in [-0.2, -0.15) is 0 Å². The minimum Gasteiger partial charge on any atom is -0.493 e. The number of benzene rings is 1. The summed E-state index contributed by atoms with van der Waals surface area (Å²) in [6.45, 7) is 5.09. The number of hydrogen-bond acceptors (Lipinski definition) is 4. The van der Waals surface area contributed by atoms with Gasteiger partial charge < -0.3 is 20.3 Å². The van der Waals surface area contributed by atoms with Gasteiger partial charge in [0.2, 0.25) is 0 Å². The summed E-state index contributed by atoms with van der Waals surface area (Å²) < 4.78 is 5.81. The first-order valence-corrected chi connectivity index (χ1v) is 14.3. The summed E-state index contributed by atoms with van der Waals surface area (Å²) in [6, 6.07) is 5.44. The zero-order valence-electron chi connectivity index (χ0n) is 23.0. The molecule has 0 fully saturated rings. The van der Waals surface area contributed by atoms with Crippen LogP contribution in [0, 0.1) is 5.92 Å². The van der Waals surface area contributed by atoms with Crippen LogP contribution < -0.4 is 10.1 Å². The Morgan fingerprint density at radius 1 is 0.757 bits per heavy atom. The summed E-state index contributed by atoms with van der Waals surface area (Å²) in [4.78, 5) is 34.7. The lowest BCUT2D eigenvalue weighted by atomic mass is 10.0. The van der Waals surface area contributed by atoms with Crippen LogP contribution in [-0.4, -0.2) is 40.7 Å². The predicted octanol–water partition coefficient (Wildman–Crippen LogP) is 7.23. The van der Waals surface area contributed by atoms with Crippen molar-refractivity contribution in [3.63, 3.8) is 0 Å². The van der Waals surface area contributed by atoms with Crippen molar-refractivity contribution < 1.29 is 29.3 Å². The van der Waals surface area contributed by atoms with E-state index in [0.29, 0.717) is 12.4 Å². The van der Waals surface area contributed by atoms with Gasteiger partial charge in [-0.3, -0.25) is 9.59 Å². The molecule has 0 aliphatic rings. The number of ether oxygens (including phenoxy) is 1. The van der Waals surface area contributed by atoms with Gasteiger partial charge in [-0.1, -0.05) is 109 Å². The molecule has 1 atom stereocenters. The van der Waals surface area contributed by atoms with Gasteiger partial charge in [0.15, 0.2) is 0 Å². The van der Waals surface area contributed by atoms with E-state index in [1.165, 1.54) is 77.0 Å². The highest BCUT2D eigenvalue weighted by atomic mass is 16.5. The van der Waals surface area contributed by atoms with Crippen molar-refractivity contribution in [3.05, 3.63) is 29.8 Å². The minimum absolute atomic E-state index is 0.183. The summed E-state index contributed by atoms with van der Waals surface area (Å²) in [5, 5.41) is 20.5. The van der Waals surface area contributed by atoms with Gasteiger partial charge in [-0.05, 0) is 30.9 Å². The van der Waals surface area contributed by atoms with Crippen LogP contribution in [0.4, 0.5) is 0 Å². The average molecular weight is 520 g/mol. The number of aliphatic carboxylic acids is 2. The normalized spacial score (nSPS) is 11.9. The minimum atomic E-state index is -1.27. The molecule has 1 unspecified atom stereocenters. The van der Waals surface area contributed by atoms with Crippen molar-refractivity contribution >= 4 is 17.8 Å². The van der Waals surface area contributed by atoms with Crippen molar-refractivity contribution in [2.45, 2.75) is 123 Å². The van der Waals surface area contributed by atoms with Crippen LogP contribution in [0.5, 0.6) is 5.75 Å². The Labute approximate surface area is 223 Å². The Balaban J connectivity index is 2.15. The lowest BCUT2D eigenvalue weighted by molar-refractivity contribution is -0.140. The third kappa shape index (κ3) is 16.7. The van der Waals surface area contributed by atoms with E-state index >= 15 is 0 Å². The van der Waals surface area contributed by atoms with Gasteiger partial charge in [0.25, 0.3) is 5.91 Å². The third-order valence-corrected chi connectivity index (χ3v) is 6.57. The molecule has 0 bridgehead atoms. The molecule has 0 spiro atoms. The molecule has 1 amide bonds. The van der Waals surface area contributed by atoms with Gasteiger partial charge in [0.05, 0.1) is 12.2 Å². The summed E-state index contributed by atoms with van der Waals surface area (Å²) in [5.74, 6) is -1.72. The van der Waals surface area contributed by atoms with Crippen LogP contribution in [0.2, 0.25) is 0 Å². The highest BCUT2D eigenvalue weighted by Crippen LogP contribution is 2.19. The van der Waals surface area contributed by atoms with Crippen LogP contribution >= 0.6 is 0 Å². The first kappa shape index (κ1) is 32.5. The number of carbonyl (C=O) groups excluding carboxylic acids is 1. The number of carboxylic acids is 2. The monoisotopic (exact) mass is 519 g/mol. The Morgan fingerprint density at radius 2 is 1.27 bits per heavy atom. The average Bonchev–Trinajstić information content (AvgIpc) is 2.85. The third-order valence-electron chi connectivity index (χ3n) is 6.57. The standard InChI is InChI=1S/C30H49NO6/c1-24(2)18-14-12-10-8-6-4-3-5-7-9-11-13-17-23-37-27-20-16-15-19-25(27)29(34)31-26(30(35)36)21-22-28(32)33/h15-16,19-20,24,26H,3-14,17-18,21-23H2,1-2H3,(H,31,34)(H,32,33)(H,35,36). The summed E-state index contributed by atoms with van der Waals surface area (Å²) in [7, 11) is 0. The van der Waals surface area contributed by atoms with Gasteiger partial charge in [-0.25, -0.2) is 4.79 Å². The zero-order valence-corrected chi connectivity index (χ0v) is 23.0. The molecule has 1 aromatic rings. The van der Waals surface area contributed by atoms with Crippen molar-refractivity contribution in [2.75, 3.05) is 6.61 Å².